The largest absolute Gasteiger partial charge is 0.508 e. The van der Waals surface area contributed by atoms with E-state index in [1.165, 1.54) is 7.11 Å². The second kappa shape index (κ2) is 8.24. The van der Waals surface area contributed by atoms with E-state index in [0.717, 1.165) is 5.56 Å². The van der Waals surface area contributed by atoms with E-state index >= 15 is 0 Å². The SMILES string of the molecule is COc1ccc(Nc2cc(-c3cccc(O)c3)nc(N3CCOCC3)n2)cc1O. The molecule has 0 unspecified atom stereocenters. The molecule has 3 N–H and O–H groups in total. The number of nitrogens with zero attached hydrogens (tertiary/aromatic N) is 3. The third-order valence-electron chi connectivity index (χ3n) is 4.60. The van der Waals surface area contributed by atoms with Crippen LogP contribution >= 0.6 is 0 Å². The Bertz CT molecular complexity index is 1010. The Morgan fingerprint density at radius 2 is 1.86 bits per heavy atom. The molecule has 4 rings (SSSR count). The second-order valence-electron chi connectivity index (χ2n) is 6.60. The van der Waals surface area contributed by atoms with Crippen LogP contribution in [0.3, 0.4) is 0 Å². The Labute approximate surface area is 168 Å². The van der Waals surface area contributed by atoms with Crippen molar-refractivity contribution in [2.75, 3.05) is 43.6 Å². The van der Waals surface area contributed by atoms with Crippen LogP contribution in [0.25, 0.3) is 11.3 Å². The van der Waals surface area contributed by atoms with Crippen LogP contribution in [0.4, 0.5) is 17.5 Å². The monoisotopic (exact) mass is 394 g/mol. The summed E-state index contributed by atoms with van der Waals surface area (Å²) in [7, 11) is 1.50. The van der Waals surface area contributed by atoms with Gasteiger partial charge in [0.15, 0.2) is 11.5 Å². The molecule has 0 amide bonds. The van der Waals surface area contributed by atoms with E-state index in [1.807, 2.05) is 6.07 Å². The molecular weight excluding hydrogens is 372 g/mol. The molecule has 0 aliphatic carbocycles. The fourth-order valence-corrected chi connectivity index (χ4v) is 3.13. The molecule has 0 bridgehead atoms. The van der Waals surface area contributed by atoms with Crippen molar-refractivity contribution in [1.29, 1.82) is 0 Å². The smallest absolute Gasteiger partial charge is 0.228 e. The summed E-state index contributed by atoms with van der Waals surface area (Å²) in [6, 6.07) is 13.8. The normalized spacial score (nSPS) is 13.9. The third kappa shape index (κ3) is 4.33. The van der Waals surface area contributed by atoms with Crippen molar-refractivity contribution in [3.8, 4) is 28.5 Å². The molecule has 150 valence electrons. The molecular formula is C21H22N4O4. The van der Waals surface area contributed by atoms with Crippen molar-refractivity contribution >= 4 is 17.5 Å². The van der Waals surface area contributed by atoms with Crippen molar-refractivity contribution in [2.45, 2.75) is 0 Å². The number of benzene rings is 2. The molecule has 0 saturated carbocycles. The van der Waals surface area contributed by atoms with Crippen molar-refractivity contribution < 1.29 is 19.7 Å². The number of methoxy groups -OCH3 is 1. The highest BCUT2D eigenvalue weighted by Gasteiger charge is 2.17. The summed E-state index contributed by atoms with van der Waals surface area (Å²) in [5.74, 6) is 1.75. The first-order valence-corrected chi connectivity index (χ1v) is 9.27. The van der Waals surface area contributed by atoms with E-state index in [9.17, 15) is 10.2 Å². The van der Waals surface area contributed by atoms with Crippen LogP contribution in [0.15, 0.2) is 48.5 Å². The van der Waals surface area contributed by atoms with Crippen molar-refractivity contribution in [2.24, 2.45) is 0 Å². The highest BCUT2D eigenvalue weighted by Crippen LogP contribution is 2.31. The Morgan fingerprint density at radius 1 is 1.03 bits per heavy atom. The van der Waals surface area contributed by atoms with Crippen LogP contribution < -0.4 is 15.0 Å². The number of ether oxygens (including phenoxy) is 2. The summed E-state index contributed by atoms with van der Waals surface area (Å²) in [5, 5.41) is 23.1. The highest BCUT2D eigenvalue weighted by atomic mass is 16.5. The molecule has 1 fully saturated rings. The lowest BCUT2D eigenvalue weighted by Gasteiger charge is -2.27. The van der Waals surface area contributed by atoms with E-state index < -0.39 is 0 Å². The Balaban J connectivity index is 1.71. The lowest BCUT2D eigenvalue weighted by Crippen LogP contribution is -2.37. The third-order valence-corrected chi connectivity index (χ3v) is 4.60. The minimum atomic E-state index is 0.0353. The topological polar surface area (TPSA) is 100.0 Å². The van der Waals surface area contributed by atoms with Gasteiger partial charge in [0.1, 0.15) is 11.6 Å². The molecule has 2 heterocycles. The predicted octanol–water partition coefficient (Wildman–Crippen LogP) is 3.14. The average molecular weight is 394 g/mol. The number of hydrogen-bond acceptors (Lipinski definition) is 8. The number of morpholine rings is 1. The molecule has 1 aliphatic heterocycles. The zero-order valence-electron chi connectivity index (χ0n) is 16.0. The van der Waals surface area contributed by atoms with Crippen LogP contribution in [0.5, 0.6) is 17.2 Å². The number of rotatable bonds is 5. The molecule has 0 radical (unpaired) electrons. The molecule has 1 saturated heterocycles. The molecule has 1 aliphatic rings. The molecule has 8 nitrogen and oxygen atoms in total. The number of phenols is 2. The summed E-state index contributed by atoms with van der Waals surface area (Å²) in [5.41, 5.74) is 2.12. The van der Waals surface area contributed by atoms with Gasteiger partial charge in [0.05, 0.1) is 26.0 Å². The molecule has 2 aromatic carbocycles. The van der Waals surface area contributed by atoms with Crippen LogP contribution in [0.2, 0.25) is 0 Å². The molecule has 1 aromatic heterocycles. The standard InChI is InChI=1S/C21H22N4O4/c1-28-19-6-5-15(12-18(19)27)22-20-13-17(14-3-2-4-16(26)11-14)23-21(24-20)25-7-9-29-10-8-25/h2-6,11-13,26-27H,7-10H2,1H3,(H,22,23,24). The Morgan fingerprint density at radius 3 is 2.59 bits per heavy atom. The lowest BCUT2D eigenvalue weighted by molar-refractivity contribution is 0.122. The second-order valence-corrected chi connectivity index (χ2v) is 6.60. The fraction of sp³-hybridized carbons (Fsp3) is 0.238. The summed E-state index contributed by atoms with van der Waals surface area (Å²) in [6.45, 7) is 2.64. The van der Waals surface area contributed by atoms with Crippen molar-refractivity contribution in [1.82, 2.24) is 9.97 Å². The molecule has 3 aromatic rings. The van der Waals surface area contributed by atoms with Gasteiger partial charge in [0.25, 0.3) is 0 Å². The first-order valence-electron chi connectivity index (χ1n) is 9.27. The van der Waals surface area contributed by atoms with E-state index in [4.69, 9.17) is 14.5 Å². The zero-order valence-corrected chi connectivity index (χ0v) is 16.0. The van der Waals surface area contributed by atoms with E-state index in [-0.39, 0.29) is 11.5 Å². The summed E-state index contributed by atoms with van der Waals surface area (Å²) >= 11 is 0. The van der Waals surface area contributed by atoms with E-state index in [2.05, 4.69) is 15.2 Å². The number of aromatic hydroxyl groups is 2. The minimum Gasteiger partial charge on any atom is -0.508 e. The van der Waals surface area contributed by atoms with Gasteiger partial charge in [-0.05, 0) is 24.3 Å². The first kappa shape index (κ1) is 18.8. The summed E-state index contributed by atoms with van der Waals surface area (Å²) < 4.78 is 10.5. The summed E-state index contributed by atoms with van der Waals surface area (Å²) in [6.07, 6.45) is 0. The van der Waals surface area contributed by atoms with Gasteiger partial charge in [-0.25, -0.2) is 4.98 Å². The lowest BCUT2D eigenvalue weighted by atomic mass is 10.1. The van der Waals surface area contributed by atoms with Gasteiger partial charge < -0.3 is 29.9 Å². The van der Waals surface area contributed by atoms with Gasteiger partial charge in [-0.2, -0.15) is 4.98 Å². The van der Waals surface area contributed by atoms with Crippen LogP contribution in [0, 0.1) is 0 Å². The number of anilines is 3. The van der Waals surface area contributed by atoms with Gasteiger partial charge in [0.2, 0.25) is 5.95 Å². The van der Waals surface area contributed by atoms with E-state index in [0.29, 0.717) is 55.2 Å². The maximum absolute atomic E-state index is 10.0. The maximum Gasteiger partial charge on any atom is 0.228 e. The first-order chi connectivity index (χ1) is 14.1. The quantitative estimate of drug-likeness (QED) is 0.607. The van der Waals surface area contributed by atoms with Gasteiger partial charge in [-0.1, -0.05) is 12.1 Å². The minimum absolute atomic E-state index is 0.0353. The Hall–Kier alpha value is -3.52. The highest BCUT2D eigenvalue weighted by molar-refractivity contribution is 5.69. The number of hydrogen-bond donors (Lipinski definition) is 3. The van der Waals surface area contributed by atoms with Gasteiger partial charge in [-0.3, -0.25) is 0 Å². The number of nitrogens with one attached hydrogen (secondary N) is 1. The molecule has 8 heteroatoms. The van der Waals surface area contributed by atoms with Gasteiger partial charge in [0, 0.05) is 36.5 Å². The average Bonchev–Trinajstić information content (AvgIpc) is 2.74. The van der Waals surface area contributed by atoms with Crippen molar-refractivity contribution in [3.05, 3.63) is 48.5 Å². The Kier molecular flexibility index (Phi) is 5.35. The fourth-order valence-electron chi connectivity index (χ4n) is 3.13. The van der Waals surface area contributed by atoms with Crippen molar-refractivity contribution in [3.63, 3.8) is 0 Å². The van der Waals surface area contributed by atoms with Gasteiger partial charge >= 0.3 is 0 Å². The maximum atomic E-state index is 10.0. The zero-order chi connectivity index (χ0) is 20.2. The number of aromatic nitrogens is 2. The molecule has 0 atom stereocenters. The van der Waals surface area contributed by atoms with Crippen LogP contribution in [-0.4, -0.2) is 53.6 Å². The predicted molar refractivity (Wildman–Crippen MR) is 110 cm³/mol. The van der Waals surface area contributed by atoms with Crippen LogP contribution in [-0.2, 0) is 4.74 Å². The van der Waals surface area contributed by atoms with E-state index in [1.54, 1.807) is 42.5 Å². The summed E-state index contributed by atoms with van der Waals surface area (Å²) in [4.78, 5) is 11.4. The molecule has 0 spiro atoms. The van der Waals surface area contributed by atoms with Gasteiger partial charge in [-0.15, -0.1) is 0 Å². The van der Waals surface area contributed by atoms with Crippen LogP contribution in [0.1, 0.15) is 0 Å². The number of phenolic OH excluding ortho intramolecular Hbond substituents is 2. The molecule has 29 heavy (non-hydrogen) atoms.